The lowest BCUT2D eigenvalue weighted by Crippen LogP contribution is -2.28. The highest BCUT2D eigenvalue weighted by molar-refractivity contribution is 5.44. The second-order valence-electron chi connectivity index (χ2n) is 4.26. The summed E-state index contributed by atoms with van der Waals surface area (Å²) in [6.45, 7) is 0.521. The third-order valence-electron chi connectivity index (χ3n) is 3.30. The molecule has 0 aromatic carbocycles. The molecule has 1 heterocycles. The lowest BCUT2D eigenvalue weighted by atomic mass is 10.2. The zero-order valence-electron chi connectivity index (χ0n) is 9.32. The highest BCUT2D eigenvalue weighted by Crippen LogP contribution is 2.26. The van der Waals surface area contributed by atoms with Crippen molar-refractivity contribution in [2.75, 3.05) is 11.9 Å². The van der Waals surface area contributed by atoms with E-state index in [0.717, 1.165) is 5.69 Å². The summed E-state index contributed by atoms with van der Waals surface area (Å²) in [4.78, 5) is 6.67. The Morgan fingerprint density at radius 2 is 2.13 bits per heavy atom. The first-order valence-corrected chi connectivity index (χ1v) is 5.69. The molecule has 2 rings (SSSR count). The molecule has 3 heteroatoms. The number of nitrogens with zero attached hydrogens (tertiary/aromatic N) is 2. The van der Waals surface area contributed by atoms with Crippen LogP contribution in [0, 0.1) is 0 Å². The van der Waals surface area contributed by atoms with Gasteiger partial charge in [-0.25, -0.2) is 0 Å². The van der Waals surface area contributed by atoms with Crippen molar-refractivity contribution in [1.82, 2.24) is 4.98 Å². The molecular formula is C12H19N3. The topological polar surface area (TPSA) is 42.1 Å². The van der Waals surface area contributed by atoms with Crippen molar-refractivity contribution in [3.8, 4) is 0 Å². The fourth-order valence-corrected chi connectivity index (χ4v) is 2.25. The van der Waals surface area contributed by atoms with Gasteiger partial charge in [0.15, 0.2) is 0 Å². The Labute approximate surface area is 91.3 Å². The van der Waals surface area contributed by atoms with Crippen molar-refractivity contribution in [3.63, 3.8) is 0 Å². The molecule has 1 aromatic rings. The third-order valence-corrected chi connectivity index (χ3v) is 3.30. The Bertz CT molecular complexity index is 301. The Morgan fingerprint density at radius 3 is 2.67 bits per heavy atom. The fraction of sp³-hybridized carbons (Fsp3) is 0.583. The number of hydrogen-bond acceptors (Lipinski definition) is 3. The fourth-order valence-electron chi connectivity index (χ4n) is 2.25. The molecule has 1 fully saturated rings. The second kappa shape index (κ2) is 4.62. The van der Waals surface area contributed by atoms with Gasteiger partial charge >= 0.3 is 0 Å². The maximum atomic E-state index is 5.52. The number of rotatable bonds is 3. The van der Waals surface area contributed by atoms with E-state index in [0.29, 0.717) is 12.6 Å². The zero-order valence-corrected chi connectivity index (χ0v) is 9.32. The van der Waals surface area contributed by atoms with Gasteiger partial charge in [0.2, 0.25) is 0 Å². The number of aromatic nitrogens is 1. The molecule has 0 saturated heterocycles. The van der Waals surface area contributed by atoms with Crippen LogP contribution in [0.1, 0.15) is 31.4 Å². The molecule has 1 saturated carbocycles. The van der Waals surface area contributed by atoms with Crippen molar-refractivity contribution >= 4 is 5.69 Å². The number of hydrogen-bond donors (Lipinski definition) is 1. The maximum absolute atomic E-state index is 5.52. The number of pyridine rings is 1. The van der Waals surface area contributed by atoms with Crippen LogP contribution in [0.5, 0.6) is 0 Å². The van der Waals surface area contributed by atoms with E-state index >= 15 is 0 Å². The Kier molecular flexibility index (Phi) is 3.21. The molecule has 1 aliphatic rings. The van der Waals surface area contributed by atoms with E-state index in [1.54, 1.807) is 0 Å². The van der Waals surface area contributed by atoms with Gasteiger partial charge in [-0.15, -0.1) is 0 Å². The highest BCUT2D eigenvalue weighted by atomic mass is 15.1. The Morgan fingerprint density at radius 1 is 1.40 bits per heavy atom. The lowest BCUT2D eigenvalue weighted by Gasteiger charge is -2.26. The van der Waals surface area contributed by atoms with Crippen molar-refractivity contribution < 1.29 is 0 Å². The first kappa shape index (κ1) is 10.4. The van der Waals surface area contributed by atoms with Crippen LogP contribution in [0.4, 0.5) is 5.69 Å². The molecule has 15 heavy (non-hydrogen) atoms. The molecule has 0 amide bonds. The second-order valence-corrected chi connectivity index (χ2v) is 4.26. The summed E-state index contributed by atoms with van der Waals surface area (Å²) in [5.74, 6) is 0. The molecule has 0 radical (unpaired) electrons. The minimum Gasteiger partial charge on any atom is -0.370 e. The van der Waals surface area contributed by atoms with Crippen LogP contribution >= 0.6 is 0 Å². The summed E-state index contributed by atoms with van der Waals surface area (Å²) in [5, 5.41) is 0. The monoisotopic (exact) mass is 205 g/mol. The van der Waals surface area contributed by atoms with Gasteiger partial charge in [0.1, 0.15) is 0 Å². The largest absolute Gasteiger partial charge is 0.370 e. The maximum Gasteiger partial charge on any atom is 0.0552 e. The van der Waals surface area contributed by atoms with E-state index in [1.807, 2.05) is 12.3 Å². The summed E-state index contributed by atoms with van der Waals surface area (Å²) in [5.41, 5.74) is 7.69. The number of anilines is 1. The van der Waals surface area contributed by atoms with Gasteiger partial charge in [-0.05, 0) is 25.0 Å². The van der Waals surface area contributed by atoms with Crippen LogP contribution in [0.15, 0.2) is 18.3 Å². The van der Waals surface area contributed by atoms with Crippen LogP contribution in [-0.2, 0) is 6.54 Å². The standard InChI is InChI=1S/C12H19N3/c1-15(11-4-2-3-5-11)12-7-6-10(8-13)14-9-12/h6-7,9,11H,2-5,8,13H2,1H3. The average molecular weight is 205 g/mol. The first-order chi connectivity index (χ1) is 7.31. The molecule has 3 nitrogen and oxygen atoms in total. The molecule has 0 bridgehead atoms. The molecule has 0 atom stereocenters. The first-order valence-electron chi connectivity index (χ1n) is 5.69. The molecule has 0 unspecified atom stereocenters. The van der Waals surface area contributed by atoms with Crippen molar-refractivity contribution in [2.45, 2.75) is 38.3 Å². The van der Waals surface area contributed by atoms with Gasteiger partial charge in [0.05, 0.1) is 17.6 Å². The van der Waals surface area contributed by atoms with E-state index in [-0.39, 0.29) is 0 Å². The van der Waals surface area contributed by atoms with E-state index in [1.165, 1.54) is 31.4 Å². The van der Waals surface area contributed by atoms with Gasteiger partial charge in [-0.1, -0.05) is 12.8 Å². The van der Waals surface area contributed by atoms with Crippen molar-refractivity contribution in [1.29, 1.82) is 0 Å². The van der Waals surface area contributed by atoms with Crippen molar-refractivity contribution in [3.05, 3.63) is 24.0 Å². The van der Waals surface area contributed by atoms with Crippen LogP contribution in [0.25, 0.3) is 0 Å². The van der Waals surface area contributed by atoms with E-state index in [4.69, 9.17) is 5.73 Å². The summed E-state index contributed by atoms with van der Waals surface area (Å²) < 4.78 is 0. The van der Waals surface area contributed by atoms with Crippen LogP contribution in [-0.4, -0.2) is 18.1 Å². The van der Waals surface area contributed by atoms with Crippen LogP contribution < -0.4 is 10.6 Å². The minimum absolute atomic E-state index is 0.521. The van der Waals surface area contributed by atoms with E-state index in [9.17, 15) is 0 Å². The van der Waals surface area contributed by atoms with Crippen LogP contribution in [0.3, 0.4) is 0 Å². The van der Waals surface area contributed by atoms with Crippen LogP contribution in [0.2, 0.25) is 0 Å². The predicted octanol–water partition coefficient (Wildman–Crippen LogP) is 1.92. The van der Waals surface area contributed by atoms with Gasteiger partial charge in [0.25, 0.3) is 0 Å². The molecule has 1 aromatic heterocycles. The molecular weight excluding hydrogens is 186 g/mol. The molecule has 82 valence electrons. The predicted molar refractivity (Wildman–Crippen MR) is 62.8 cm³/mol. The zero-order chi connectivity index (χ0) is 10.7. The van der Waals surface area contributed by atoms with Gasteiger partial charge in [-0.3, -0.25) is 4.98 Å². The molecule has 0 aliphatic heterocycles. The van der Waals surface area contributed by atoms with Gasteiger partial charge in [-0.2, -0.15) is 0 Å². The number of nitrogens with two attached hydrogens (primary N) is 1. The van der Waals surface area contributed by atoms with E-state index in [2.05, 4.69) is 23.0 Å². The Balaban J connectivity index is 2.07. The highest BCUT2D eigenvalue weighted by Gasteiger charge is 2.19. The summed E-state index contributed by atoms with van der Waals surface area (Å²) in [6.07, 6.45) is 7.29. The molecule has 1 aliphatic carbocycles. The summed E-state index contributed by atoms with van der Waals surface area (Å²) in [6, 6.07) is 4.84. The third kappa shape index (κ3) is 2.29. The van der Waals surface area contributed by atoms with Crippen molar-refractivity contribution in [2.24, 2.45) is 5.73 Å². The summed E-state index contributed by atoms with van der Waals surface area (Å²) >= 11 is 0. The minimum atomic E-state index is 0.521. The lowest BCUT2D eigenvalue weighted by molar-refractivity contribution is 0.652. The molecule has 2 N–H and O–H groups in total. The normalized spacial score (nSPS) is 16.9. The van der Waals surface area contributed by atoms with E-state index < -0.39 is 0 Å². The SMILES string of the molecule is CN(c1ccc(CN)nc1)C1CCCC1. The van der Waals surface area contributed by atoms with Gasteiger partial charge < -0.3 is 10.6 Å². The summed E-state index contributed by atoms with van der Waals surface area (Å²) in [7, 11) is 2.16. The average Bonchev–Trinajstić information content (AvgIpc) is 2.82. The van der Waals surface area contributed by atoms with Gasteiger partial charge in [0, 0.05) is 19.6 Å². The Hall–Kier alpha value is -1.09. The quantitative estimate of drug-likeness (QED) is 0.819. The molecule has 0 spiro atoms. The smallest absolute Gasteiger partial charge is 0.0552 e.